The molecule has 1 unspecified atom stereocenters. The summed E-state index contributed by atoms with van der Waals surface area (Å²) in [4.78, 5) is 19.0. The standard InChI is InChI=1S/C16H24N4O/c1-16(17,12-5-6-12)15(21)19-13-7-8-14(18-11-13)20-9-3-2-4-10-20/h7-8,11-12H,2-6,9-10,17H2,1H3,(H,19,21). The Hall–Kier alpha value is -1.62. The van der Waals surface area contributed by atoms with Crippen molar-refractivity contribution in [2.24, 2.45) is 11.7 Å². The largest absolute Gasteiger partial charge is 0.357 e. The second-order valence-electron chi connectivity index (χ2n) is 6.46. The Labute approximate surface area is 125 Å². The van der Waals surface area contributed by atoms with Gasteiger partial charge in [0, 0.05) is 13.1 Å². The van der Waals surface area contributed by atoms with Crippen molar-refractivity contribution >= 4 is 17.4 Å². The zero-order valence-electron chi connectivity index (χ0n) is 12.6. The summed E-state index contributed by atoms with van der Waals surface area (Å²) in [5.74, 6) is 1.20. The van der Waals surface area contributed by atoms with Crippen molar-refractivity contribution in [3.63, 3.8) is 0 Å². The zero-order valence-corrected chi connectivity index (χ0v) is 12.6. The molecule has 0 bridgehead atoms. The maximum atomic E-state index is 12.2. The molecule has 1 aromatic heterocycles. The van der Waals surface area contributed by atoms with Crippen molar-refractivity contribution in [2.75, 3.05) is 23.3 Å². The fourth-order valence-corrected chi connectivity index (χ4v) is 2.90. The van der Waals surface area contributed by atoms with Gasteiger partial charge in [0.05, 0.1) is 17.4 Å². The van der Waals surface area contributed by atoms with Crippen molar-refractivity contribution in [1.82, 2.24) is 4.98 Å². The van der Waals surface area contributed by atoms with Gasteiger partial charge in [-0.05, 0) is 57.1 Å². The number of nitrogens with two attached hydrogens (primary N) is 1. The molecule has 1 atom stereocenters. The first kappa shape index (κ1) is 14.3. The van der Waals surface area contributed by atoms with Crippen LogP contribution in [0.4, 0.5) is 11.5 Å². The van der Waals surface area contributed by atoms with Gasteiger partial charge in [-0.15, -0.1) is 0 Å². The Kier molecular flexibility index (Phi) is 3.85. The Bertz CT molecular complexity index is 502. The first-order valence-electron chi connectivity index (χ1n) is 7.89. The number of hydrogen-bond donors (Lipinski definition) is 2. The van der Waals surface area contributed by atoms with Crippen molar-refractivity contribution in [2.45, 2.75) is 44.6 Å². The maximum Gasteiger partial charge on any atom is 0.244 e. The number of nitrogens with one attached hydrogen (secondary N) is 1. The normalized spacial score (nSPS) is 21.7. The van der Waals surface area contributed by atoms with E-state index in [9.17, 15) is 4.79 Å². The van der Waals surface area contributed by atoms with E-state index in [0.717, 1.165) is 37.4 Å². The zero-order chi connectivity index (χ0) is 14.9. The minimum absolute atomic E-state index is 0.113. The maximum absolute atomic E-state index is 12.2. The van der Waals surface area contributed by atoms with Gasteiger partial charge >= 0.3 is 0 Å². The molecule has 0 spiro atoms. The van der Waals surface area contributed by atoms with Gasteiger partial charge < -0.3 is 16.0 Å². The summed E-state index contributed by atoms with van der Waals surface area (Å²) in [6.07, 6.45) is 7.59. The number of hydrogen-bond acceptors (Lipinski definition) is 4. The fraction of sp³-hybridized carbons (Fsp3) is 0.625. The molecule has 5 heteroatoms. The minimum Gasteiger partial charge on any atom is -0.357 e. The Balaban J connectivity index is 1.62. The number of nitrogens with zero attached hydrogens (tertiary/aromatic N) is 2. The molecule has 21 heavy (non-hydrogen) atoms. The second-order valence-corrected chi connectivity index (χ2v) is 6.46. The lowest BCUT2D eigenvalue weighted by Crippen LogP contribution is -2.50. The van der Waals surface area contributed by atoms with E-state index in [4.69, 9.17) is 5.73 Å². The van der Waals surface area contributed by atoms with Crippen LogP contribution in [0.25, 0.3) is 0 Å². The van der Waals surface area contributed by atoms with Gasteiger partial charge in [-0.2, -0.15) is 0 Å². The highest BCUT2D eigenvalue weighted by atomic mass is 16.2. The highest BCUT2D eigenvalue weighted by Gasteiger charge is 2.44. The summed E-state index contributed by atoms with van der Waals surface area (Å²) in [7, 11) is 0. The van der Waals surface area contributed by atoms with Crippen LogP contribution < -0.4 is 16.0 Å². The van der Waals surface area contributed by atoms with E-state index >= 15 is 0 Å². The van der Waals surface area contributed by atoms with Crippen LogP contribution in [0.1, 0.15) is 39.0 Å². The number of aromatic nitrogens is 1. The molecule has 5 nitrogen and oxygen atoms in total. The third-order valence-corrected chi connectivity index (χ3v) is 4.60. The number of rotatable bonds is 4. The molecule has 0 radical (unpaired) electrons. The Morgan fingerprint density at radius 2 is 2.05 bits per heavy atom. The van der Waals surface area contributed by atoms with E-state index in [-0.39, 0.29) is 5.91 Å². The lowest BCUT2D eigenvalue weighted by molar-refractivity contribution is -0.121. The van der Waals surface area contributed by atoms with Crippen LogP contribution in [0.5, 0.6) is 0 Å². The minimum atomic E-state index is -0.772. The van der Waals surface area contributed by atoms with Gasteiger partial charge in [0.25, 0.3) is 0 Å². The quantitative estimate of drug-likeness (QED) is 0.890. The van der Waals surface area contributed by atoms with E-state index in [0.29, 0.717) is 5.92 Å². The monoisotopic (exact) mass is 288 g/mol. The van der Waals surface area contributed by atoms with E-state index < -0.39 is 5.54 Å². The molecule has 1 aliphatic heterocycles. The molecule has 3 rings (SSSR count). The van der Waals surface area contributed by atoms with Crippen LogP contribution in [0.3, 0.4) is 0 Å². The van der Waals surface area contributed by atoms with Crippen LogP contribution in [-0.2, 0) is 4.79 Å². The predicted octanol–water partition coefficient (Wildman–Crippen LogP) is 2.14. The van der Waals surface area contributed by atoms with Crippen LogP contribution in [-0.4, -0.2) is 29.5 Å². The molecule has 1 saturated heterocycles. The molecule has 1 aliphatic carbocycles. The van der Waals surface area contributed by atoms with Crippen LogP contribution in [0.15, 0.2) is 18.3 Å². The molecule has 1 saturated carbocycles. The number of pyridine rings is 1. The summed E-state index contributed by atoms with van der Waals surface area (Å²) in [5, 5.41) is 2.89. The summed E-state index contributed by atoms with van der Waals surface area (Å²) in [6.45, 7) is 3.96. The van der Waals surface area contributed by atoms with E-state index in [1.54, 1.807) is 6.20 Å². The molecule has 1 aromatic rings. The van der Waals surface area contributed by atoms with Crippen molar-refractivity contribution in [3.8, 4) is 0 Å². The van der Waals surface area contributed by atoms with Crippen LogP contribution in [0, 0.1) is 5.92 Å². The topological polar surface area (TPSA) is 71.2 Å². The molecular weight excluding hydrogens is 264 g/mol. The number of carbonyl (C=O) groups is 1. The SMILES string of the molecule is CC(N)(C(=O)Nc1ccc(N2CCCCC2)nc1)C1CC1. The number of carbonyl (C=O) groups excluding carboxylic acids is 1. The van der Waals surface area contributed by atoms with Gasteiger partial charge in [-0.3, -0.25) is 4.79 Å². The summed E-state index contributed by atoms with van der Waals surface area (Å²) in [5.41, 5.74) is 6.07. The Morgan fingerprint density at radius 1 is 1.33 bits per heavy atom. The lowest BCUT2D eigenvalue weighted by atomic mass is 9.96. The van der Waals surface area contributed by atoms with E-state index in [1.165, 1.54) is 19.3 Å². The third kappa shape index (κ3) is 3.18. The molecular formula is C16H24N4O. The molecule has 0 aromatic carbocycles. The van der Waals surface area contributed by atoms with Gasteiger partial charge in [0.15, 0.2) is 0 Å². The summed E-state index contributed by atoms with van der Waals surface area (Å²) < 4.78 is 0. The van der Waals surface area contributed by atoms with Crippen LogP contribution in [0.2, 0.25) is 0 Å². The lowest BCUT2D eigenvalue weighted by Gasteiger charge is -2.28. The molecule has 2 aliphatic rings. The summed E-state index contributed by atoms with van der Waals surface area (Å²) in [6, 6.07) is 3.89. The Morgan fingerprint density at radius 3 is 2.62 bits per heavy atom. The molecule has 1 amide bonds. The predicted molar refractivity (Wildman–Crippen MR) is 84.2 cm³/mol. The number of anilines is 2. The smallest absolute Gasteiger partial charge is 0.244 e. The molecule has 2 heterocycles. The van der Waals surface area contributed by atoms with E-state index in [1.807, 2.05) is 19.1 Å². The molecule has 2 fully saturated rings. The van der Waals surface area contributed by atoms with E-state index in [2.05, 4.69) is 15.2 Å². The second kappa shape index (κ2) is 5.64. The highest BCUT2D eigenvalue weighted by molar-refractivity contribution is 5.98. The molecule has 3 N–H and O–H groups in total. The average molecular weight is 288 g/mol. The van der Waals surface area contributed by atoms with Gasteiger partial charge in [-0.1, -0.05) is 0 Å². The fourth-order valence-electron chi connectivity index (χ4n) is 2.90. The first-order valence-corrected chi connectivity index (χ1v) is 7.89. The van der Waals surface area contributed by atoms with Crippen molar-refractivity contribution in [3.05, 3.63) is 18.3 Å². The van der Waals surface area contributed by atoms with Gasteiger partial charge in [0.1, 0.15) is 5.82 Å². The third-order valence-electron chi connectivity index (χ3n) is 4.60. The van der Waals surface area contributed by atoms with Crippen molar-refractivity contribution < 1.29 is 4.79 Å². The molecule has 114 valence electrons. The first-order chi connectivity index (χ1) is 10.1. The van der Waals surface area contributed by atoms with Crippen molar-refractivity contribution in [1.29, 1.82) is 0 Å². The average Bonchev–Trinajstić information content (AvgIpc) is 3.34. The van der Waals surface area contributed by atoms with Gasteiger partial charge in [0.2, 0.25) is 5.91 Å². The number of amides is 1. The highest BCUT2D eigenvalue weighted by Crippen LogP contribution is 2.38. The number of piperidine rings is 1. The van der Waals surface area contributed by atoms with Crippen LogP contribution >= 0.6 is 0 Å². The summed E-state index contributed by atoms with van der Waals surface area (Å²) >= 11 is 0. The van der Waals surface area contributed by atoms with Gasteiger partial charge in [-0.25, -0.2) is 4.98 Å².